The van der Waals surface area contributed by atoms with Gasteiger partial charge in [-0.25, -0.2) is 0 Å². The van der Waals surface area contributed by atoms with Crippen molar-refractivity contribution in [3.63, 3.8) is 0 Å². The number of amides is 1. The Hall–Kier alpha value is -0.570. The quantitative estimate of drug-likeness (QED) is 0.576. The molecule has 0 spiro atoms. The zero-order chi connectivity index (χ0) is 10.8. The largest absolute Gasteiger partial charge is 0.370 e. The molecule has 0 unspecified atom stereocenters. The molecule has 2 N–H and O–H groups in total. The Morgan fingerprint density at radius 1 is 1.07 bits per heavy atom. The second-order valence-corrected chi connectivity index (χ2v) is 3.77. The van der Waals surface area contributed by atoms with Gasteiger partial charge >= 0.3 is 0 Å². The van der Waals surface area contributed by atoms with Crippen LogP contribution in [0.2, 0.25) is 0 Å². The number of carbonyl (C=O) groups is 1. The van der Waals surface area contributed by atoms with Gasteiger partial charge in [-0.3, -0.25) is 4.79 Å². The fraction of sp³-hybridized carbons (Fsp3) is 0.909. The number of unbranched alkanes of at least 4 members (excludes halogenated alkanes) is 2. The lowest BCUT2D eigenvalue weighted by molar-refractivity contribution is -0.118. The summed E-state index contributed by atoms with van der Waals surface area (Å²) in [5, 5.41) is 0. The van der Waals surface area contributed by atoms with Crippen molar-refractivity contribution in [1.29, 1.82) is 0 Å². The second-order valence-electron chi connectivity index (χ2n) is 3.77. The molecule has 0 bridgehead atoms. The average Bonchev–Trinajstić information content (AvgIpc) is 2.14. The van der Waals surface area contributed by atoms with E-state index in [1.54, 1.807) is 0 Å². The van der Waals surface area contributed by atoms with Gasteiger partial charge in [-0.1, -0.05) is 26.7 Å². The highest BCUT2D eigenvalue weighted by Gasteiger charge is 2.04. The minimum Gasteiger partial charge on any atom is -0.370 e. The molecule has 0 radical (unpaired) electrons. The van der Waals surface area contributed by atoms with Gasteiger partial charge in [0.05, 0.1) is 0 Å². The van der Waals surface area contributed by atoms with E-state index in [2.05, 4.69) is 18.7 Å². The maximum Gasteiger partial charge on any atom is 0.218 e. The molecular weight excluding hydrogens is 176 g/mol. The standard InChI is InChI=1S/C11H24N2O/c1-3-5-6-9-13(8-4-2)10-7-11(12)14/h3-10H2,1-2H3,(H2,12,14). The Labute approximate surface area is 87.6 Å². The molecule has 3 heteroatoms. The van der Waals surface area contributed by atoms with E-state index in [1.807, 2.05) is 0 Å². The van der Waals surface area contributed by atoms with Gasteiger partial charge in [0.2, 0.25) is 5.91 Å². The SMILES string of the molecule is CCCCCN(CCC)CCC(N)=O. The van der Waals surface area contributed by atoms with Crippen LogP contribution >= 0.6 is 0 Å². The predicted octanol–water partition coefficient (Wildman–Crippen LogP) is 1.76. The molecular formula is C11H24N2O. The first kappa shape index (κ1) is 13.4. The molecule has 0 aromatic rings. The molecule has 0 saturated heterocycles. The number of carbonyl (C=O) groups excluding carboxylic acids is 1. The van der Waals surface area contributed by atoms with Crippen molar-refractivity contribution >= 4 is 5.91 Å². The van der Waals surface area contributed by atoms with Crippen LogP contribution in [0.4, 0.5) is 0 Å². The third-order valence-electron chi connectivity index (χ3n) is 2.29. The Bertz CT molecular complexity index is 148. The van der Waals surface area contributed by atoms with Crippen LogP contribution in [0.25, 0.3) is 0 Å². The number of nitrogens with two attached hydrogens (primary N) is 1. The molecule has 1 amide bonds. The molecule has 0 aromatic carbocycles. The summed E-state index contributed by atoms with van der Waals surface area (Å²) in [5.74, 6) is -0.193. The maximum atomic E-state index is 10.6. The molecule has 3 nitrogen and oxygen atoms in total. The van der Waals surface area contributed by atoms with E-state index in [1.165, 1.54) is 19.3 Å². The van der Waals surface area contributed by atoms with Crippen molar-refractivity contribution < 1.29 is 4.79 Å². The summed E-state index contributed by atoms with van der Waals surface area (Å²) in [6.07, 6.45) is 5.39. The van der Waals surface area contributed by atoms with Crippen molar-refractivity contribution in [3.05, 3.63) is 0 Å². The fourth-order valence-corrected chi connectivity index (χ4v) is 1.51. The van der Waals surface area contributed by atoms with Crippen LogP contribution in [0.1, 0.15) is 46.0 Å². The minimum atomic E-state index is -0.193. The number of rotatable bonds is 9. The number of primary amides is 1. The Morgan fingerprint density at radius 3 is 2.29 bits per heavy atom. The molecule has 0 aliphatic heterocycles. The van der Waals surface area contributed by atoms with E-state index in [9.17, 15) is 4.79 Å². The third kappa shape index (κ3) is 8.05. The number of hydrogen-bond donors (Lipinski definition) is 1. The highest BCUT2D eigenvalue weighted by atomic mass is 16.1. The highest BCUT2D eigenvalue weighted by Crippen LogP contribution is 2.00. The second kappa shape index (κ2) is 9.00. The highest BCUT2D eigenvalue weighted by molar-refractivity contribution is 5.73. The van der Waals surface area contributed by atoms with Gasteiger partial charge in [0.25, 0.3) is 0 Å². The van der Waals surface area contributed by atoms with E-state index < -0.39 is 0 Å². The van der Waals surface area contributed by atoms with Gasteiger partial charge in [-0.15, -0.1) is 0 Å². The van der Waals surface area contributed by atoms with Crippen molar-refractivity contribution in [1.82, 2.24) is 4.90 Å². The summed E-state index contributed by atoms with van der Waals surface area (Å²) in [6, 6.07) is 0. The molecule has 0 aromatic heterocycles. The molecule has 84 valence electrons. The van der Waals surface area contributed by atoms with Gasteiger partial charge in [-0.05, 0) is 25.9 Å². The Morgan fingerprint density at radius 2 is 1.79 bits per heavy atom. The summed E-state index contributed by atoms with van der Waals surface area (Å²) < 4.78 is 0. The predicted molar refractivity (Wildman–Crippen MR) is 60.1 cm³/mol. The lowest BCUT2D eigenvalue weighted by atomic mass is 10.2. The van der Waals surface area contributed by atoms with E-state index >= 15 is 0 Å². The van der Waals surface area contributed by atoms with Crippen molar-refractivity contribution in [3.8, 4) is 0 Å². The lowest BCUT2D eigenvalue weighted by Crippen LogP contribution is -2.29. The maximum absolute atomic E-state index is 10.6. The molecule has 0 fully saturated rings. The topological polar surface area (TPSA) is 46.3 Å². The van der Waals surface area contributed by atoms with Gasteiger partial charge in [0.15, 0.2) is 0 Å². The fourth-order valence-electron chi connectivity index (χ4n) is 1.51. The smallest absolute Gasteiger partial charge is 0.218 e. The monoisotopic (exact) mass is 200 g/mol. The molecule has 0 saturated carbocycles. The number of hydrogen-bond acceptors (Lipinski definition) is 2. The first-order chi connectivity index (χ1) is 6.70. The van der Waals surface area contributed by atoms with E-state index in [0.717, 1.165) is 26.1 Å². The van der Waals surface area contributed by atoms with Gasteiger partial charge < -0.3 is 10.6 Å². The zero-order valence-electron chi connectivity index (χ0n) is 9.59. The van der Waals surface area contributed by atoms with Crippen LogP contribution in [0.15, 0.2) is 0 Å². The van der Waals surface area contributed by atoms with Gasteiger partial charge in [-0.2, -0.15) is 0 Å². The van der Waals surface area contributed by atoms with Crippen molar-refractivity contribution in [2.45, 2.75) is 46.0 Å². The summed E-state index contributed by atoms with van der Waals surface area (Å²) in [7, 11) is 0. The summed E-state index contributed by atoms with van der Waals surface area (Å²) in [4.78, 5) is 13.0. The zero-order valence-corrected chi connectivity index (χ0v) is 9.59. The normalized spacial score (nSPS) is 10.8. The summed E-state index contributed by atoms with van der Waals surface area (Å²) in [5.41, 5.74) is 5.13. The van der Waals surface area contributed by atoms with Gasteiger partial charge in [0, 0.05) is 13.0 Å². The van der Waals surface area contributed by atoms with Crippen LogP contribution in [0, 0.1) is 0 Å². The summed E-state index contributed by atoms with van der Waals surface area (Å²) in [6.45, 7) is 7.38. The van der Waals surface area contributed by atoms with Crippen LogP contribution in [0.3, 0.4) is 0 Å². The van der Waals surface area contributed by atoms with Crippen LogP contribution in [-0.4, -0.2) is 30.4 Å². The minimum absolute atomic E-state index is 0.193. The van der Waals surface area contributed by atoms with E-state index in [0.29, 0.717) is 6.42 Å². The van der Waals surface area contributed by atoms with Crippen LogP contribution in [-0.2, 0) is 4.79 Å². The van der Waals surface area contributed by atoms with Gasteiger partial charge in [0.1, 0.15) is 0 Å². The van der Waals surface area contributed by atoms with Crippen molar-refractivity contribution in [2.24, 2.45) is 5.73 Å². The first-order valence-corrected chi connectivity index (χ1v) is 5.71. The average molecular weight is 200 g/mol. The Balaban J connectivity index is 3.59. The van der Waals surface area contributed by atoms with Crippen LogP contribution < -0.4 is 5.73 Å². The molecule has 0 aliphatic rings. The molecule has 0 rings (SSSR count). The Kier molecular flexibility index (Phi) is 8.64. The molecule has 0 aliphatic carbocycles. The molecule has 0 atom stereocenters. The number of nitrogens with zero attached hydrogens (tertiary/aromatic N) is 1. The molecule has 0 heterocycles. The first-order valence-electron chi connectivity index (χ1n) is 5.71. The van der Waals surface area contributed by atoms with E-state index in [4.69, 9.17) is 5.73 Å². The van der Waals surface area contributed by atoms with E-state index in [-0.39, 0.29) is 5.91 Å². The third-order valence-corrected chi connectivity index (χ3v) is 2.29. The van der Waals surface area contributed by atoms with Crippen molar-refractivity contribution in [2.75, 3.05) is 19.6 Å². The lowest BCUT2D eigenvalue weighted by Gasteiger charge is -2.20. The molecule has 14 heavy (non-hydrogen) atoms. The van der Waals surface area contributed by atoms with Crippen LogP contribution in [0.5, 0.6) is 0 Å². The summed E-state index contributed by atoms with van der Waals surface area (Å²) >= 11 is 0.